The predicted molar refractivity (Wildman–Crippen MR) is 97.1 cm³/mol. The van der Waals surface area contributed by atoms with E-state index < -0.39 is 11.7 Å². The van der Waals surface area contributed by atoms with Gasteiger partial charge in [0.15, 0.2) is 0 Å². The van der Waals surface area contributed by atoms with Gasteiger partial charge < -0.3 is 5.32 Å². The summed E-state index contributed by atoms with van der Waals surface area (Å²) in [5, 5.41) is 8.19. The number of fused-ring (bicyclic) bond motifs is 1. The van der Waals surface area contributed by atoms with E-state index in [0.717, 1.165) is 67.2 Å². The Hall–Kier alpha value is -1.34. The van der Waals surface area contributed by atoms with Crippen molar-refractivity contribution in [1.29, 1.82) is 0 Å². The van der Waals surface area contributed by atoms with Crippen LogP contribution in [-0.4, -0.2) is 28.3 Å². The number of rotatable bonds is 4. The number of halogens is 4. The summed E-state index contributed by atoms with van der Waals surface area (Å²) in [4.78, 5) is 0. The summed E-state index contributed by atoms with van der Waals surface area (Å²) in [6, 6.07) is 3.35. The third-order valence-electron chi connectivity index (χ3n) is 4.26. The van der Waals surface area contributed by atoms with E-state index in [1.165, 1.54) is 6.07 Å². The second-order valence-electron chi connectivity index (χ2n) is 5.98. The van der Waals surface area contributed by atoms with Crippen LogP contribution < -0.4 is 5.32 Å². The maximum Gasteiger partial charge on any atom is 0.416 e. The number of aryl methyl sites for hydroxylation is 1. The van der Waals surface area contributed by atoms with E-state index in [-0.39, 0.29) is 10.7 Å². The Morgan fingerprint density at radius 1 is 1.32 bits per heavy atom. The fourth-order valence-electron chi connectivity index (χ4n) is 3.00. The van der Waals surface area contributed by atoms with Crippen LogP contribution >= 0.6 is 23.4 Å². The Morgan fingerprint density at radius 2 is 2.12 bits per heavy atom. The van der Waals surface area contributed by atoms with E-state index in [0.29, 0.717) is 0 Å². The number of nitrogens with one attached hydrogen (secondary N) is 1. The van der Waals surface area contributed by atoms with Crippen LogP contribution in [0.25, 0.3) is 5.69 Å². The molecule has 2 heterocycles. The van der Waals surface area contributed by atoms with Gasteiger partial charge in [0.2, 0.25) is 0 Å². The van der Waals surface area contributed by atoms with Crippen LogP contribution in [0.3, 0.4) is 0 Å². The van der Waals surface area contributed by atoms with Crippen molar-refractivity contribution in [2.45, 2.75) is 31.9 Å². The first-order valence-corrected chi connectivity index (χ1v) is 9.89. The molecule has 0 bridgehead atoms. The van der Waals surface area contributed by atoms with Gasteiger partial charge in [-0.15, -0.1) is 0 Å². The van der Waals surface area contributed by atoms with Crippen molar-refractivity contribution in [2.24, 2.45) is 0 Å². The molecule has 2 aromatic rings. The molecule has 136 valence electrons. The van der Waals surface area contributed by atoms with Gasteiger partial charge in [0.1, 0.15) is 5.82 Å². The molecule has 1 aliphatic heterocycles. The molecule has 0 spiro atoms. The fourth-order valence-corrected chi connectivity index (χ4v) is 3.59. The summed E-state index contributed by atoms with van der Waals surface area (Å²) >= 11 is 7.94. The van der Waals surface area contributed by atoms with Gasteiger partial charge in [-0.1, -0.05) is 11.6 Å². The van der Waals surface area contributed by atoms with Gasteiger partial charge in [-0.05, 0) is 49.5 Å². The third-order valence-corrected chi connectivity index (χ3v) is 5.19. The molecule has 0 saturated heterocycles. The zero-order chi connectivity index (χ0) is 18.0. The predicted octanol–water partition coefficient (Wildman–Crippen LogP) is 5.20. The third kappa shape index (κ3) is 3.92. The molecular formula is C17H19ClF3N3S. The van der Waals surface area contributed by atoms with Crippen LogP contribution in [0, 0.1) is 0 Å². The molecular weight excluding hydrogens is 371 g/mol. The van der Waals surface area contributed by atoms with E-state index in [2.05, 4.69) is 10.4 Å². The summed E-state index contributed by atoms with van der Waals surface area (Å²) in [6.07, 6.45) is 1.33. The highest BCUT2D eigenvalue weighted by Crippen LogP contribution is 2.36. The Balaban J connectivity index is 2.12. The molecule has 0 atom stereocenters. The molecule has 3 rings (SSSR count). The Bertz CT molecular complexity index is 758. The van der Waals surface area contributed by atoms with Crippen LogP contribution in [0.4, 0.5) is 19.0 Å². The molecule has 1 aromatic heterocycles. The number of nitrogens with zero attached hydrogens (tertiary/aromatic N) is 2. The normalized spacial score (nSPS) is 14.8. The highest BCUT2D eigenvalue weighted by molar-refractivity contribution is 7.98. The lowest BCUT2D eigenvalue weighted by Crippen LogP contribution is -2.10. The van der Waals surface area contributed by atoms with Crippen molar-refractivity contribution >= 4 is 29.2 Å². The molecule has 0 radical (unpaired) electrons. The van der Waals surface area contributed by atoms with Gasteiger partial charge in [0.05, 0.1) is 22.0 Å². The van der Waals surface area contributed by atoms with E-state index in [1.807, 2.05) is 6.26 Å². The minimum atomic E-state index is -4.42. The number of thioether (sulfide) groups is 1. The van der Waals surface area contributed by atoms with E-state index in [9.17, 15) is 13.2 Å². The van der Waals surface area contributed by atoms with E-state index in [4.69, 9.17) is 11.6 Å². The maximum atomic E-state index is 13.1. The van der Waals surface area contributed by atoms with Gasteiger partial charge >= 0.3 is 6.18 Å². The SMILES string of the molecule is CSCCc1nn(-c2cc(C(F)(F)F)ccc2Cl)c2c1CCCCN2. The quantitative estimate of drug-likeness (QED) is 0.779. The second kappa shape index (κ2) is 7.50. The number of hydrogen-bond donors (Lipinski definition) is 1. The number of hydrogen-bond acceptors (Lipinski definition) is 3. The van der Waals surface area contributed by atoms with Crippen molar-refractivity contribution in [3.05, 3.63) is 40.0 Å². The zero-order valence-electron chi connectivity index (χ0n) is 13.8. The lowest BCUT2D eigenvalue weighted by molar-refractivity contribution is -0.137. The molecule has 3 nitrogen and oxygen atoms in total. The average molecular weight is 390 g/mol. The van der Waals surface area contributed by atoms with Crippen LogP contribution in [0.15, 0.2) is 18.2 Å². The van der Waals surface area contributed by atoms with Gasteiger partial charge in [0.25, 0.3) is 0 Å². The first-order chi connectivity index (χ1) is 11.9. The topological polar surface area (TPSA) is 29.9 Å². The van der Waals surface area contributed by atoms with Crippen molar-refractivity contribution in [3.8, 4) is 5.69 Å². The van der Waals surface area contributed by atoms with E-state index in [1.54, 1.807) is 16.4 Å². The molecule has 0 saturated carbocycles. The molecule has 1 aliphatic rings. The Morgan fingerprint density at radius 3 is 2.84 bits per heavy atom. The van der Waals surface area contributed by atoms with Crippen molar-refractivity contribution in [1.82, 2.24) is 9.78 Å². The molecule has 0 aliphatic carbocycles. The minimum absolute atomic E-state index is 0.251. The molecule has 1 aromatic carbocycles. The van der Waals surface area contributed by atoms with Crippen molar-refractivity contribution in [3.63, 3.8) is 0 Å². The fraction of sp³-hybridized carbons (Fsp3) is 0.471. The summed E-state index contributed by atoms with van der Waals surface area (Å²) in [5.74, 6) is 1.69. The molecule has 25 heavy (non-hydrogen) atoms. The number of aromatic nitrogens is 2. The van der Waals surface area contributed by atoms with Gasteiger partial charge in [0, 0.05) is 18.5 Å². The summed E-state index contributed by atoms with van der Waals surface area (Å²) in [6.45, 7) is 0.775. The molecule has 8 heteroatoms. The number of benzene rings is 1. The monoisotopic (exact) mass is 389 g/mol. The molecule has 0 amide bonds. The average Bonchev–Trinajstić information content (AvgIpc) is 2.74. The minimum Gasteiger partial charge on any atom is -0.370 e. The summed E-state index contributed by atoms with van der Waals surface area (Å²) in [7, 11) is 0. The maximum absolute atomic E-state index is 13.1. The zero-order valence-corrected chi connectivity index (χ0v) is 15.4. The highest BCUT2D eigenvalue weighted by Gasteiger charge is 2.32. The van der Waals surface area contributed by atoms with Gasteiger partial charge in [-0.25, -0.2) is 4.68 Å². The van der Waals surface area contributed by atoms with Crippen LogP contribution in [-0.2, 0) is 19.0 Å². The van der Waals surface area contributed by atoms with Crippen LogP contribution in [0.2, 0.25) is 5.02 Å². The molecule has 0 fully saturated rings. The smallest absolute Gasteiger partial charge is 0.370 e. The molecule has 0 unspecified atom stereocenters. The lowest BCUT2D eigenvalue weighted by Gasteiger charge is -2.13. The first kappa shape index (κ1) is 18.5. The van der Waals surface area contributed by atoms with Gasteiger partial charge in [-0.2, -0.15) is 30.0 Å². The van der Waals surface area contributed by atoms with Crippen molar-refractivity contribution < 1.29 is 13.2 Å². The summed E-state index contributed by atoms with van der Waals surface area (Å²) < 4.78 is 40.8. The van der Waals surface area contributed by atoms with Gasteiger partial charge in [-0.3, -0.25) is 0 Å². The van der Waals surface area contributed by atoms with Crippen LogP contribution in [0.5, 0.6) is 0 Å². The largest absolute Gasteiger partial charge is 0.416 e. The standard InChI is InChI=1S/C17H19ClF3N3S/c1-25-9-7-14-12-4-2-3-8-22-16(12)24(23-14)15-10-11(17(19,20)21)5-6-13(15)18/h5-6,10,22H,2-4,7-9H2,1H3. The lowest BCUT2D eigenvalue weighted by atomic mass is 10.1. The van der Waals surface area contributed by atoms with Crippen molar-refractivity contribution in [2.75, 3.05) is 23.9 Å². The van der Waals surface area contributed by atoms with E-state index >= 15 is 0 Å². The highest BCUT2D eigenvalue weighted by atomic mass is 35.5. The number of alkyl halides is 3. The number of anilines is 1. The Labute approximate surface area is 153 Å². The first-order valence-electron chi connectivity index (χ1n) is 8.12. The summed E-state index contributed by atoms with van der Waals surface area (Å²) in [5.41, 5.74) is 1.57. The Kier molecular flexibility index (Phi) is 5.53. The van der Waals surface area contributed by atoms with Crippen LogP contribution in [0.1, 0.15) is 29.7 Å². The second-order valence-corrected chi connectivity index (χ2v) is 7.37. The molecule has 1 N–H and O–H groups in total.